The number of rotatable bonds is 6. The van der Waals surface area contributed by atoms with Crippen LogP contribution in [0.15, 0.2) is 18.2 Å². The Hall–Kier alpha value is -1.16. The van der Waals surface area contributed by atoms with E-state index in [4.69, 9.17) is 9.84 Å². The third-order valence-corrected chi connectivity index (χ3v) is 4.84. The number of ether oxygens (including phenoxy) is 1. The van der Waals surface area contributed by atoms with Crippen molar-refractivity contribution in [3.8, 4) is 5.75 Å². The zero-order valence-corrected chi connectivity index (χ0v) is 12.0. The van der Waals surface area contributed by atoms with Gasteiger partial charge >= 0.3 is 5.97 Å². The molecule has 104 valence electrons. The maximum Gasteiger partial charge on any atom is 0.335 e. The Bertz CT molecular complexity index is 439. The van der Waals surface area contributed by atoms with Gasteiger partial charge in [-0.25, -0.2) is 4.79 Å². The first-order chi connectivity index (χ1) is 9.20. The highest BCUT2D eigenvalue weighted by atomic mass is 32.2. The number of methoxy groups -OCH3 is 1. The van der Waals surface area contributed by atoms with E-state index in [0.29, 0.717) is 5.56 Å². The van der Waals surface area contributed by atoms with Crippen molar-refractivity contribution in [2.24, 2.45) is 5.92 Å². The Morgan fingerprint density at radius 1 is 1.42 bits per heavy atom. The molecule has 0 amide bonds. The van der Waals surface area contributed by atoms with Crippen LogP contribution in [0, 0.1) is 5.92 Å². The maximum absolute atomic E-state index is 11.0. The predicted molar refractivity (Wildman–Crippen MR) is 78.1 cm³/mol. The minimum atomic E-state index is -0.885. The van der Waals surface area contributed by atoms with Gasteiger partial charge < -0.3 is 9.84 Å². The molecule has 1 aromatic rings. The molecular weight excluding hydrogens is 260 g/mol. The van der Waals surface area contributed by atoms with E-state index in [2.05, 4.69) is 0 Å². The molecule has 2 rings (SSSR count). The summed E-state index contributed by atoms with van der Waals surface area (Å²) in [6.45, 7) is 0. The first-order valence-electron chi connectivity index (χ1n) is 6.68. The molecule has 0 saturated heterocycles. The standard InChI is InChI=1S/C15H20O3S/c1-18-14-7-6-12(15(16)17)8-13(14)10-19-9-11-4-2-3-5-11/h6-8,11H,2-5,9-10H2,1H3,(H,16,17). The van der Waals surface area contributed by atoms with E-state index in [-0.39, 0.29) is 0 Å². The molecule has 4 heteroatoms. The van der Waals surface area contributed by atoms with E-state index in [9.17, 15) is 4.79 Å². The van der Waals surface area contributed by atoms with Crippen LogP contribution in [0.4, 0.5) is 0 Å². The van der Waals surface area contributed by atoms with Crippen LogP contribution in [-0.2, 0) is 5.75 Å². The number of carbonyl (C=O) groups is 1. The summed E-state index contributed by atoms with van der Waals surface area (Å²) in [6.07, 6.45) is 5.42. The number of thioether (sulfide) groups is 1. The molecule has 0 spiro atoms. The Morgan fingerprint density at radius 3 is 2.79 bits per heavy atom. The normalized spacial score (nSPS) is 15.6. The molecule has 1 saturated carbocycles. The number of benzene rings is 1. The Balaban J connectivity index is 1.96. The number of aromatic carboxylic acids is 1. The van der Waals surface area contributed by atoms with E-state index in [0.717, 1.165) is 23.0 Å². The van der Waals surface area contributed by atoms with E-state index < -0.39 is 5.97 Å². The summed E-state index contributed by atoms with van der Waals surface area (Å²) >= 11 is 1.88. The van der Waals surface area contributed by atoms with Crippen molar-refractivity contribution in [3.05, 3.63) is 29.3 Å². The van der Waals surface area contributed by atoms with Crippen molar-refractivity contribution in [1.82, 2.24) is 0 Å². The summed E-state index contributed by atoms with van der Waals surface area (Å²) in [7, 11) is 1.63. The summed E-state index contributed by atoms with van der Waals surface area (Å²) < 4.78 is 5.30. The van der Waals surface area contributed by atoms with Gasteiger partial charge in [0.2, 0.25) is 0 Å². The van der Waals surface area contributed by atoms with Gasteiger partial charge in [0.1, 0.15) is 5.75 Å². The molecule has 19 heavy (non-hydrogen) atoms. The minimum absolute atomic E-state index is 0.331. The summed E-state index contributed by atoms with van der Waals surface area (Å²) in [5.74, 6) is 2.73. The van der Waals surface area contributed by atoms with E-state index in [1.165, 1.54) is 31.4 Å². The summed E-state index contributed by atoms with van der Waals surface area (Å²) in [5, 5.41) is 9.02. The van der Waals surface area contributed by atoms with Crippen molar-refractivity contribution in [2.45, 2.75) is 31.4 Å². The summed E-state index contributed by atoms with van der Waals surface area (Å²) in [5.41, 5.74) is 1.31. The van der Waals surface area contributed by atoms with Crippen molar-refractivity contribution >= 4 is 17.7 Å². The average Bonchev–Trinajstić information content (AvgIpc) is 2.91. The van der Waals surface area contributed by atoms with Gasteiger partial charge in [0.05, 0.1) is 12.7 Å². The van der Waals surface area contributed by atoms with Gasteiger partial charge in [0.15, 0.2) is 0 Å². The number of hydrogen-bond donors (Lipinski definition) is 1. The fourth-order valence-electron chi connectivity index (χ4n) is 2.54. The first-order valence-corrected chi connectivity index (χ1v) is 7.84. The second-order valence-corrected chi connectivity index (χ2v) is 6.03. The number of carboxylic acid groups (broad SMARTS) is 1. The van der Waals surface area contributed by atoms with Gasteiger partial charge in [-0.05, 0) is 42.7 Å². The smallest absolute Gasteiger partial charge is 0.335 e. The highest BCUT2D eigenvalue weighted by Gasteiger charge is 2.15. The molecule has 0 aromatic heterocycles. The molecule has 0 unspecified atom stereocenters. The number of carboxylic acids is 1. The minimum Gasteiger partial charge on any atom is -0.496 e. The second kappa shape index (κ2) is 6.85. The van der Waals surface area contributed by atoms with E-state index in [1.807, 2.05) is 11.8 Å². The quantitative estimate of drug-likeness (QED) is 0.860. The van der Waals surface area contributed by atoms with Crippen LogP contribution >= 0.6 is 11.8 Å². The fourth-order valence-corrected chi connectivity index (χ4v) is 3.77. The highest BCUT2D eigenvalue weighted by Crippen LogP contribution is 2.31. The van der Waals surface area contributed by atoms with Crippen molar-refractivity contribution < 1.29 is 14.6 Å². The molecule has 0 bridgehead atoms. The topological polar surface area (TPSA) is 46.5 Å². The van der Waals surface area contributed by atoms with Crippen LogP contribution in [0.5, 0.6) is 5.75 Å². The van der Waals surface area contributed by atoms with Crippen molar-refractivity contribution in [2.75, 3.05) is 12.9 Å². The summed E-state index contributed by atoms with van der Waals surface area (Å²) in [4.78, 5) is 11.0. The van der Waals surface area contributed by atoms with Crippen LogP contribution in [0.2, 0.25) is 0 Å². The first kappa shape index (κ1) is 14.3. The molecular formula is C15H20O3S. The van der Waals surface area contributed by atoms with Crippen LogP contribution in [-0.4, -0.2) is 23.9 Å². The molecule has 1 aliphatic rings. The lowest BCUT2D eigenvalue weighted by molar-refractivity contribution is 0.0696. The Labute approximate surface area is 118 Å². The van der Waals surface area contributed by atoms with Gasteiger partial charge in [0, 0.05) is 11.3 Å². The number of hydrogen-bond acceptors (Lipinski definition) is 3. The third-order valence-electron chi connectivity index (χ3n) is 3.61. The molecule has 0 atom stereocenters. The lowest BCUT2D eigenvalue weighted by Gasteiger charge is -2.11. The molecule has 3 nitrogen and oxygen atoms in total. The van der Waals surface area contributed by atoms with Crippen LogP contribution in [0.25, 0.3) is 0 Å². The molecule has 1 aliphatic carbocycles. The molecule has 1 N–H and O–H groups in total. The van der Waals surface area contributed by atoms with Gasteiger partial charge in [-0.1, -0.05) is 12.8 Å². The van der Waals surface area contributed by atoms with Crippen molar-refractivity contribution in [1.29, 1.82) is 0 Å². The van der Waals surface area contributed by atoms with Gasteiger partial charge in [-0.3, -0.25) is 0 Å². The highest BCUT2D eigenvalue weighted by molar-refractivity contribution is 7.98. The van der Waals surface area contributed by atoms with Gasteiger partial charge in [-0.15, -0.1) is 0 Å². The lowest BCUT2D eigenvalue weighted by atomic mass is 10.1. The molecule has 1 aromatic carbocycles. The van der Waals surface area contributed by atoms with Crippen LogP contribution in [0.3, 0.4) is 0 Å². The monoisotopic (exact) mass is 280 g/mol. The second-order valence-electron chi connectivity index (χ2n) is 5.00. The summed E-state index contributed by atoms with van der Waals surface area (Å²) in [6, 6.07) is 5.06. The van der Waals surface area contributed by atoms with Crippen LogP contribution in [0.1, 0.15) is 41.6 Å². The molecule has 0 aliphatic heterocycles. The zero-order valence-electron chi connectivity index (χ0n) is 11.2. The lowest BCUT2D eigenvalue weighted by Crippen LogP contribution is -2.01. The van der Waals surface area contributed by atoms with Crippen LogP contribution < -0.4 is 4.74 Å². The van der Waals surface area contributed by atoms with E-state index >= 15 is 0 Å². The Kier molecular flexibility index (Phi) is 5.14. The van der Waals surface area contributed by atoms with Crippen molar-refractivity contribution in [3.63, 3.8) is 0 Å². The zero-order chi connectivity index (χ0) is 13.7. The van der Waals surface area contributed by atoms with Gasteiger partial charge in [-0.2, -0.15) is 11.8 Å². The van der Waals surface area contributed by atoms with E-state index in [1.54, 1.807) is 25.3 Å². The third kappa shape index (κ3) is 3.90. The molecule has 0 heterocycles. The largest absolute Gasteiger partial charge is 0.496 e. The average molecular weight is 280 g/mol. The SMILES string of the molecule is COc1ccc(C(=O)O)cc1CSCC1CCCC1. The molecule has 1 fully saturated rings. The maximum atomic E-state index is 11.0. The van der Waals surface area contributed by atoms with Gasteiger partial charge in [0.25, 0.3) is 0 Å². The Morgan fingerprint density at radius 2 is 2.16 bits per heavy atom. The predicted octanol–water partition coefficient (Wildman–Crippen LogP) is 3.82. The molecule has 0 radical (unpaired) electrons. The fraction of sp³-hybridized carbons (Fsp3) is 0.533.